The first-order valence-corrected chi connectivity index (χ1v) is 12.6. The molecule has 1 saturated heterocycles. The lowest BCUT2D eigenvalue weighted by Gasteiger charge is -2.34. The number of ether oxygens (including phenoxy) is 1. The number of nitrogens with zero attached hydrogens (tertiary/aromatic N) is 7. The van der Waals surface area contributed by atoms with Gasteiger partial charge in [0, 0.05) is 50.7 Å². The molecular formula is C27H29N9O2. The van der Waals surface area contributed by atoms with E-state index in [1.54, 1.807) is 24.3 Å². The summed E-state index contributed by atoms with van der Waals surface area (Å²) < 4.78 is 6.87. The van der Waals surface area contributed by atoms with E-state index in [4.69, 9.17) is 21.2 Å². The van der Waals surface area contributed by atoms with Gasteiger partial charge in [-0.3, -0.25) is 9.69 Å². The topological polar surface area (TPSA) is 141 Å². The maximum atomic E-state index is 13.3. The van der Waals surface area contributed by atoms with Crippen LogP contribution in [-0.2, 0) is 19.4 Å². The second-order valence-corrected chi connectivity index (χ2v) is 9.56. The van der Waals surface area contributed by atoms with Gasteiger partial charge in [-0.1, -0.05) is 6.07 Å². The van der Waals surface area contributed by atoms with E-state index in [1.165, 1.54) is 10.2 Å². The molecule has 1 aromatic carbocycles. The van der Waals surface area contributed by atoms with Crippen molar-refractivity contribution >= 4 is 17.5 Å². The van der Waals surface area contributed by atoms with Gasteiger partial charge in [-0.15, -0.1) is 5.10 Å². The predicted molar refractivity (Wildman–Crippen MR) is 143 cm³/mol. The summed E-state index contributed by atoms with van der Waals surface area (Å²) in [6, 6.07) is 11.6. The van der Waals surface area contributed by atoms with Crippen LogP contribution in [0, 0.1) is 0 Å². The highest BCUT2D eigenvalue weighted by Gasteiger charge is 2.26. The molecule has 1 aliphatic heterocycles. The summed E-state index contributed by atoms with van der Waals surface area (Å²) in [7, 11) is 1.67. The van der Waals surface area contributed by atoms with Gasteiger partial charge < -0.3 is 21.1 Å². The molecule has 3 aromatic heterocycles. The predicted octanol–water partition coefficient (Wildman–Crippen LogP) is 1.95. The number of aromatic nitrogens is 5. The Morgan fingerprint density at radius 2 is 1.84 bits per heavy atom. The van der Waals surface area contributed by atoms with E-state index in [0.717, 1.165) is 54.2 Å². The SMILES string of the molecule is COc1ccc2c(c1)CCc1cnc(-n3cc(C(=O)N4CCN(Cc5cccc(N)n5)CC4)c(N)n3)nc1-2. The highest BCUT2D eigenvalue weighted by molar-refractivity contribution is 5.98. The van der Waals surface area contributed by atoms with Crippen LogP contribution in [0.25, 0.3) is 17.2 Å². The number of pyridine rings is 1. The fourth-order valence-corrected chi connectivity index (χ4v) is 5.08. The van der Waals surface area contributed by atoms with Crippen LogP contribution < -0.4 is 16.2 Å². The van der Waals surface area contributed by atoms with Gasteiger partial charge >= 0.3 is 0 Å². The number of benzene rings is 1. The Hall–Kier alpha value is -4.51. The number of nitrogens with two attached hydrogens (primary N) is 2. The van der Waals surface area contributed by atoms with Crippen molar-refractivity contribution in [2.24, 2.45) is 0 Å². The van der Waals surface area contributed by atoms with Crippen LogP contribution in [0.5, 0.6) is 5.75 Å². The van der Waals surface area contributed by atoms with E-state index in [2.05, 4.69) is 20.0 Å². The summed E-state index contributed by atoms with van der Waals surface area (Å²) in [6.45, 7) is 3.32. The Morgan fingerprint density at radius 1 is 1.03 bits per heavy atom. The first-order valence-electron chi connectivity index (χ1n) is 12.6. The zero-order valence-electron chi connectivity index (χ0n) is 21.2. The van der Waals surface area contributed by atoms with Crippen molar-refractivity contribution in [1.82, 2.24) is 34.5 Å². The molecule has 1 fully saturated rings. The van der Waals surface area contributed by atoms with Crippen molar-refractivity contribution in [1.29, 1.82) is 0 Å². The van der Waals surface area contributed by atoms with Crippen molar-refractivity contribution < 1.29 is 9.53 Å². The maximum absolute atomic E-state index is 13.3. The Morgan fingerprint density at radius 3 is 2.63 bits per heavy atom. The third-order valence-electron chi connectivity index (χ3n) is 7.13. The van der Waals surface area contributed by atoms with E-state index in [1.807, 2.05) is 36.5 Å². The third kappa shape index (κ3) is 4.52. The maximum Gasteiger partial charge on any atom is 0.259 e. The molecule has 0 saturated carbocycles. The summed E-state index contributed by atoms with van der Waals surface area (Å²) in [4.78, 5) is 31.1. The quantitative estimate of drug-likeness (QED) is 0.411. The van der Waals surface area contributed by atoms with Gasteiger partial charge in [0.2, 0.25) is 0 Å². The molecule has 11 heteroatoms. The summed E-state index contributed by atoms with van der Waals surface area (Å²) in [5.41, 5.74) is 17.4. The van der Waals surface area contributed by atoms with Crippen LogP contribution in [0.1, 0.15) is 27.2 Å². The fourth-order valence-electron chi connectivity index (χ4n) is 5.08. The average molecular weight is 512 g/mol. The normalized spacial score (nSPS) is 15.1. The van der Waals surface area contributed by atoms with Crippen molar-refractivity contribution in [2.45, 2.75) is 19.4 Å². The van der Waals surface area contributed by atoms with Crippen molar-refractivity contribution in [3.05, 3.63) is 71.2 Å². The number of hydrogen-bond acceptors (Lipinski definition) is 9. The van der Waals surface area contributed by atoms with E-state index in [-0.39, 0.29) is 11.7 Å². The monoisotopic (exact) mass is 511 g/mol. The van der Waals surface area contributed by atoms with Crippen molar-refractivity contribution in [3.8, 4) is 23.0 Å². The Balaban J connectivity index is 1.18. The van der Waals surface area contributed by atoms with Crippen LogP contribution in [0.2, 0.25) is 0 Å². The number of piperazine rings is 1. The second-order valence-electron chi connectivity index (χ2n) is 9.56. The number of nitrogen functional groups attached to an aromatic ring is 2. The minimum Gasteiger partial charge on any atom is -0.497 e. The Labute approximate surface area is 220 Å². The zero-order chi connectivity index (χ0) is 26.2. The van der Waals surface area contributed by atoms with Crippen LogP contribution in [0.3, 0.4) is 0 Å². The van der Waals surface area contributed by atoms with Gasteiger partial charge in [0.1, 0.15) is 17.1 Å². The van der Waals surface area contributed by atoms with Gasteiger partial charge in [-0.05, 0) is 54.3 Å². The van der Waals surface area contributed by atoms with Gasteiger partial charge in [0.25, 0.3) is 11.9 Å². The molecule has 0 unspecified atom stereocenters. The number of anilines is 2. The summed E-state index contributed by atoms with van der Waals surface area (Å²) in [5.74, 6) is 1.72. The molecule has 38 heavy (non-hydrogen) atoms. The van der Waals surface area contributed by atoms with Crippen LogP contribution in [0.15, 0.2) is 48.8 Å². The van der Waals surface area contributed by atoms with Crippen LogP contribution >= 0.6 is 0 Å². The Kier molecular flexibility index (Phi) is 6.12. The summed E-state index contributed by atoms with van der Waals surface area (Å²) >= 11 is 0. The number of fused-ring (bicyclic) bond motifs is 3. The molecule has 4 aromatic rings. The molecule has 0 atom stereocenters. The smallest absolute Gasteiger partial charge is 0.259 e. The molecule has 0 radical (unpaired) electrons. The molecule has 1 amide bonds. The minimum atomic E-state index is -0.147. The second kappa shape index (κ2) is 9.75. The number of carbonyl (C=O) groups is 1. The molecule has 4 heterocycles. The summed E-state index contributed by atoms with van der Waals surface area (Å²) in [6.07, 6.45) is 5.21. The van der Waals surface area contributed by atoms with Crippen LogP contribution in [0.4, 0.5) is 11.6 Å². The largest absolute Gasteiger partial charge is 0.497 e. The molecule has 0 spiro atoms. The van der Waals surface area contributed by atoms with Gasteiger partial charge in [0.15, 0.2) is 5.82 Å². The average Bonchev–Trinajstić information content (AvgIpc) is 3.33. The molecular weight excluding hydrogens is 482 g/mol. The minimum absolute atomic E-state index is 0.147. The molecule has 2 aliphatic rings. The lowest BCUT2D eigenvalue weighted by molar-refractivity contribution is 0.0628. The van der Waals surface area contributed by atoms with E-state index >= 15 is 0 Å². The molecule has 194 valence electrons. The lowest BCUT2D eigenvalue weighted by atomic mass is 9.90. The number of amides is 1. The number of aryl methyl sites for hydroxylation is 2. The van der Waals surface area contributed by atoms with Gasteiger partial charge in [-0.2, -0.15) is 0 Å². The van der Waals surface area contributed by atoms with Crippen LogP contribution in [-0.4, -0.2) is 73.7 Å². The number of rotatable bonds is 5. The zero-order valence-corrected chi connectivity index (χ0v) is 21.2. The summed E-state index contributed by atoms with van der Waals surface area (Å²) in [5, 5.41) is 4.38. The van der Waals surface area contributed by atoms with E-state index in [9.17, 15) is 4.79 Å². The standard InChI is InChI=1S/C27H29N9O2/c1-38-20-7-8-21-17(13-20)5-6-18-14-30-27(32-24(18)21)36-16-22(25(29)33-36)26(37)35-11-9-34(10-12-35)15-19-3-2-4-23(28)31-19/h2-4,7-8,13-14,16H,5-6,9-12,15H2,1H3,(H2,28,31)(H2,29,33). The van der Waals surface area contributed by atoms with Gasteiger partial charge in [0.05, 0.1) is 18.5 Å². The number of carbonyl (C=O) groups excluding carboxylic acids is 1. The lowest BCUT2D eigenvalue weighted by Crippen LogP contribution is -2.48. The third-order valence-corrected chi connectivity index (χ3v) is 7.13. The highest BCUT2D eigenvalue weighted by atomic mass is 16.5. The highest BCUT2D eigenvalue weighted by Crippen LogP contribution is 2.34. The number of hydrogen-bond donors (Lipinski definition) is 2. The van der Waals surface area contributed by atoms with E-state index < -0.39 is 0 Å². The molecule has 0 bridgehead atoms. The van der Waals surface area contributed by atoms with Gasteiger partial charge in [-0.25, -0.2) is 19.6 Å². The van der Waals surface area contributed by atoms with Crippen molar-refractivity contribution in [3.63, 3.8) is 0 Å². The first kappa shape index (κ1) is 23.9. The Bertz CT molecular complexity index is 1510. The first-order chi connectivity index (χ1) is 18.5. The molecule has 1 aliphatic carbocycles. The molecule has 6 rings (SSSR count). The fraction of sp³-hybridized carbons (Fsp3) is 0.296. The number of methoxy groups -OCH3 is 1. The van der Waals surface area contributed by atoms with E-state index in [0.29, 0.717) is 37.0 Å². The van der Waals surface area contributed by atoms with Crippen molar-refractivity contribution in [2.75, 3.05) is 44.8 Å². The molecule has 11 nitrogen and oxygen atoms in total. The molecule has 4 N–H and O–H groups in total.